The van der Waals surface area contributed by atoms with Crippen molar-refractivity contribution in [3.8, 4) is 0 Å². The van der Waals surface area contributed by atoms with E-state index in [1.54, 1.807) is 6.07 Å². The summed E-state index contributed by atoms with van der Waals surface area (Å²) in [7, 11) is 1.95. The molecule has 0 aliphatic rings. The second kappa shape index (κ2) is 4.79. The molecule has 2 aromatic carbocycles. The van der Waals surface area contributed by atoms with E-state index in [-0.39, 0.29) is 5.82 Å². The molecule has 0 atom stereocenters. The molecule has 1 radical (unpaired) electrons. The number of nitrogens with zero attached hydrogens (tertiary/aromatic N) is 1. The molecule has 1 nitrogen and oxygen atoms in total. The van der Waals surface area contributed by atoms with Crippen LogP contribution in [0.3, 0.4) is 0 Å². The van der Waals surface area contributed by atoms with E-state index in [0.29, 0.717) is 0 Å². The lowest BCUT2D eigenvalue weighted by atomic mass is 10.2. The smallest absolute Gasteiger partial charge is 0.133 e. The lowest BCUT2D eigenvalue weighted by molar-refractivity contribution is 0.625. The van der Waals surface area contributed by atoms with Gasteiger partial charge in [0.15, 0.2) is 0 Å². The first kappa shape index (κ1) is 10.7. The van der Waals surface area contributed by atoms with Gasteiger partial charge in [0.1, 0.15) is 5.82 Å². The largest absolute Gasteiger partial charge is 0.370 e. The van der Waals surface area contributed by atoms with E-state index in [9.17, 15) is 4.39 Å². The zero-order valence-corrected chi connectivity index (χ0v) is 9.15. The summed E-state index contributed by atoms with van der Waals surface area (Å²) in [5, 5.41) is 0. The van der Waals surface area contributed by atoms with Gasteiger partial charge in [0.2, 0.25) is 0 Å². The van der Waals surface area contributed by atoms with Crippen molar-refractivity contribution >= 4 is 5.69 Å². The van der Waals surface area contributed by atoms with Crippen molar-refractivity contribution < 1.29 is 4.39 Å². The zero-order valence-electron chi connectivity index (χ0n) is 9.15. The summed E-state index contributed by atoms with van der Waals surface area (Å²) in [6, 6.07) is 17.5. The van der Waals surface area contributed by atoms with E-state index < -0.39 is 0 Å². The van der Waals surface area contributed by atoms with Crippen LogP contribution in [0.15, 0.2) is 48.5 Å². The Hall–Kier alpha value is -1.83. The van der Waals surface area contributed by atoms with E-state index in [1.165, 1.54) is 11.6 Å². The molecule has 0 spiro atoms. The number of halogens is 1. The van der Waals surface area contributed by atoms with E-state index in [4.69, 9.17) is 0 Å². The topological polar surface area (TPSA) is 3.24 Å². The van der Waals surface area contributed by atoms with Crippen LogP contribution in [0.2, 0.25) is 0 Å². The molecule has 2 aromatic rings. The Bertz CT molecular complexity index is 453. The maximum absolute atomic E-state index is 13.0. The van der Waals surface area contributed by atoms with Crippen molar-refractivity contribution in [2.45, 2.75) is 6.54 Å². The molecular formula is C14H13FN. The zero-order chi connectivity index (χ0) is 11.4. The SMILES string of the molecule is CN(Cc1ccccc1)c1cc[c]c(F)c1. The van der Waals surface area contributed by atoms with Gasteiger partial charge in [0, 0.05) is 25.3 Å². The summed E-state index contributed by atoms with van der Waals surface area (Å²) >= 11 is 0. The van der Waals surface area contributed by atoms with Crippen LogP contribution in [-0.2, 0) is 6.54 Å². The first-order chi connectivity index (χ1) is 7.75. The van der Waals surface area contributed by atoms with Crippen LogP contribution < -0.4 is 4.90 Å². The lowest BCUT2D eigenvalue weighted by Crippen LogP contribution is -2.16. The molecule has 0 aliphatic heterocycles. The van der Waals surface area contributed by atoms with Gasteiger partial charge in [-0.05, 0) is 23.8 Å². The van der Waals surface area contributed by atoms with E-state index >= 15 is 0 Å². The molecule has 0 bridgehead atoms. The van der Waals surface area contributed by atoms with Crippen LogP contribution in [-0.4, -0.2) is 7.05 Å². The summed E-state index contributed by atoms with van der Waals surface area (Å²) in [6.07, 6.45) is 0. The van der Waals surface area contributed by atoms with Crippen molar-refractivity contribution in [1.29, 1.82) is 0 Å². The fourth-order valence-corrected chi connectivity index (χ4v) is 1.61. The minimum Gasteiger partial charge on any atom is -0.370 e. The Morgan fingerprint density at radius 2 is 1.94 bits per heavy atom. The average Bonchev–Trinajstić information content (AvgIpc) is 2.30. The fourth-order valence-electron chi connectivity index (χ4n) is 1.61. The number of benzene rings is 2. The van der Waals surface area contributed by atoms with Crippen LogP contribution in [0.1, 0.15) is 5.56 Å². The maximum Gasteiger partial charge on any atom is 0.133 e. The van der Waals surface area contributed by atoms with Gasteiger partial charge < -0.3 is 4.90 Å². The molecule has 16 heavy (non-hydrogen) atoms. The molecule has 0 fully saturated rings. The van der Waals surface area contributed by atoms with E-state index in [0.717, 1.165) is 12.2 Å². The van der Waals surface area contributed by atoms with Crippen LogP contribution in [0.5, 0.6) is 0 Å². The predicted molar refractivity (Wildman–Crippen MR) is 63.8 cm³/mol. The average molecular weight is 214 g/mol. The molecule has 0 heterocycles. The summed E-state index contributed by atoms with van der Waals surface area (Å²) in [5.41, 5.74) is 2.07. The van der Waals surface area contributed by atoms with Gasteiger partial charge in [-0.1, -0.05) is 30.3 Å². The highest BCUT2D eigenvalue weighted by atomic mass is 19.1. The number of anilines is 1. The van der Waals surface area contributed by atoms with Crippen molar-refractivity contribution in [1.82, 2.24) is 0 Å². The summed E-state index contributed by atoms with van der Waals surface area (Å²) in [6.45, 7) is 0.768. The van der Waals surface area contributed by atoms with Crippen molar-refractivity contribution in [3.63, 3.8) is 0 Å². The molecule has 0 saturated heterocycles. The number of hydrogen-bond acceptors (Lipinski definition) is 1. The van der Waals surface area contributed by atoms with E-state index in [2.05, 4.69) is 18.2 Å². The Morgan fingerprint density at radius 3 is 2.62 bits per heavy atom. The second-order valence-corrected chi connectivity index (χ2v) is 3.74. The van der Waals surface area contributed by atoms with Crippen molar-refractivity contribution in [2.24, 2.45) is 0 Å². The van der Waals surface area contributed by atoms with Crippen molar-refractivity contribution in [2.75, 3.05) is 11.9 Å². The third-order valence-corrected chi connectivity index (χ3v) is 2.45. The molecule has 0 aromatic heterocycles. The van der Waals surface area contributed by atoms with Crippen LogP contribution >= 0.6 is 0 Å². The summed E-state index contributed by atoms with van der Waals surface area (Å²) in [5.74, 6) is -0.322. The van der Waals surface area contributed by atoms with Crippen LogP contribution in [0, 0.1) is 11.9 Å². The summed E-state index contributed by atoms with van der Waals surface area (Å²) in [4.78, 5) is 2.01. The van der Waals surface area contributed by atoms with Crippen molar-refractivity contribution in [3.05, 3.63) is 66.0 Å². The monoisotopic (exact) mass is 214 g/mol. The highest BCUT2D eigenvalue weighted by molar-refractivity contribution is 5.45. The van der Waals surface area contributed by atoms with Gasteiger partial charge in [-0.3, -0.25) is 0 Å². The highest BCUT2D eigenvalue weighted by Gasteiger charge is 2.02. The quantitative estimate of drug-likeness (QED) is 0.758. The molecule has 0 amide bonds. The number of rotatable bonds is 3. The lowest BCUT2D eigenvalue weighted by Gasteiger charge is -2.19. The van der Waals surface area contributed by atoms with Gasteiger partial charge in [-0.25, -0.2) is 4.39 Å². The first-order valence-corrected chi connectivity index (χ1v) is 5.18. The van der Waals surface area contributed by atoms with Gasteiger partial charge in [0.05, 0.1) is 0 Å². The highest BCUT2D eigenvalue weighted by Crippen LogP contribution is 2.15. The Labute approximate surface area is 95.1 Å². The maximum atomic E-state index is 13.0. The minimum atomic E-state index is -0.322. The van der Waals surface area contributed by atoms with E-state index in [1.807, 2.05) is 36.2 Å². The molecular weight excluding hydrogens is 201 g/mol. The standard InChI is InChI=1S/C14H13FN/c1-16(11-12-6-3-2-4-7-12)14-9-5-8-13(15)10-14/h2-7,9-10H,11H2,1H3. The number of hydrogen-bond donors (Lipinski definition) is 0. The Kier molecular flexibility index (Phi) is 3.20. The molecule has 2 rings (SSSR count). The van der Waals surface area contributed by atoms with Crippen LogP contribution in [0.25, 0.3) is 0 Å². The van der Waals surface area contributed by atoms with Gasteiger partial charge >= 0.3 is 0 Å². The third kappa shape index (κ3) is 2.60. The molecule has 2 heteroatoms. The fraction of sp³-hybridized carbons (Fsp3) is 0.143. The first-order valence-electron chi connectivity index (χ1n) is 5.18. The normalized spacial score (nSPS) is 10.1. The molecule has 0 saturated carbocycles. The molecule has 0 N–H and O–H groups in total. The Balaban J connectivity index is 2.12. The second-order valence-electron chi connectivity index (χ2n) is 3.74. The minimum absolute atomic E-state index is 0.322. The Morgan fingerprint density at radius 1 is 1.19 bits per heavy atom. The van der Waals surface area contributed by atoms with Gasteiger partial charge in [0.25, 0.3) is 0 Å². The summed E-state index contributed by atoms with van der Waals surface area (Å²) < 4.78 is 13.0. The molecule has 0 aliphatic carbocycles. The molecule has 0 unspecified atom stereocenters. The predicted octanol–water partition coefficient (Wildman–Crippen LogP) is 3.26. The van der Waals surface area contributed by atoms with Gasteiger partial charge in [-0.15, -0.1) is 0 Å². The molecule has 81 valence electrons. The van der Waals surface area contributed by atoms with Crippen LogP contribution in [0.4, 0.5) is 10.1 Å². The van der Waals surface area contributed by atoms with Gasteiger partial charge in [-0.2, -0.15) is 0 Å². The third-order valence-electron chi connectivity index (χ3n) is 2.45.